The minimum Gasteiger partial charge on any atom is -0.503 e. The van der Waals surface area contributed by atoms with Gasteiger partial charge >= 0.3 is 0 Å². The van der Waals surface area contributed by atoms with Gasteiger partial charge in [-0.1, -0.05) is 18.2 Å². The number of hydrogen-bond donors (Lipinski definition) is 2. The number of carbonyl (C=O) groups is 2. The number of aliphatic hydroxyl groups is 1. The Labute approximate surface area is 104 Å². The summed E-state index contributed by atoms with van der Waals surface area (Å²) in [6.07, 6.45) is 0. The summed E-state index contributed by atoms with van der Waals surface area (Å²) in [7, 11) is 1.51. The normalized spacial score (nSPS) is 18.8. The molecule has 94 valence electrons. The number of aliphatic hydroxyl groups excluding tert-OH is 1. The lowest BCUT2D eigenvalue weighted by Crippen LogP contribution is -2.23. The number of methoxy groups -OCH3 is 1. The molecule has 0 aromatic heterocycles. The van der Waals surface area contributed by atoms with Crippen LogP contribution in [0.15, 0.2) is 35.6 Å². The number of Topliss-reactive ketones (excluding diaryl/α,β-unsaturated/α-hetero) is 1. The van der Waals surface area contributed by atoms with Crippen molar-refractivity contribution < 1.29 is 19.4 Å². The van der Waals surface area contributed by atoms with Crippen molar-refractivity contribution in [2.24, 2.45) is 0 Å². The quantitative estimate of drug-likeness (QED) is 0.843. The van der Waals surface area contributed by atoms with E-state index in [4.69, 9.17) is 4.74 Å². The third kappa shape index (κ3) is 1.84. The number of carbonyl (C=O) groups excluding carboxylic acids is 2. The van der Waals surface area contributed by atoms with E-state index < -0.39 is 17.7 Å². The smallest absolute Gasteiger partial charge is 0.287 e. The van der Waals surface area contributed by atoms with Gasteiger partial charge in [-0.25, -0.2) is 0 Å². The van der Waals surface area contributed by atoms with E-state index in [-0.39, 0.29) is 11.4 Å². The van der Waals surface area contributed by atoms with Gasteiger partial charge in [0.25, 0.3) is 5.91 Å². The third-order valence-electron chi connectivity index (χ3n) is 2.86. The summed E-state index contributed by atoms with van der Waals surface area (Å²) >= 11 is 0. The number of nitrogens with one attached hydrogen (secondary N) is 1. The van der Waals surface area contributed by atoms with E-state index in [2.05, 4.69) is 5.32 Å². The van der Waals surface area contributed by atoms with Crippen molar-refractivity contribution in [2.45, 2.75) is 13.0 Å². The maximum atomic E-state index is 11.5. The molecular formula is C13H13NO4. The highest BCUT2D eigenvalue weighted by Gasteiger charge is 2.36. The predicted octanol–water partition coefficient (Wildman–Crippen LogP) is 1.27. The molecule has 1 atom stereocenters. The highest BCUT2D eigenvalue weighted by atomic mass is 16.5. The lowest BCUT2D eigenvalue weighted by molar-refractivity contribution is -0.119. The number of para-hydroxylation sites is 1. The molecule has 1 heterocycles. The molecule has 0 saturated carbocycles. The lowest BCUT2D eigenvalue weighted by atomic mass is 9.97. The van der Waals surface area contributed by atoms with Crippen molar-refractivity contribution in [3.63, 3.8) is 0 Å². The first-order valence-electron chi connectivity index (χ1n) is 5.44. The summed E-state index contributed by atoms with van der Waals surface area (Å²) in [5.74, 6) is -0.951. The van der Waals surface area contributed by atoms with E-state index in [1.165, 1.54) is 14.0 Å². The molecule has 0 radical (unpaired) electrons. The molecule has 2 rings (SSSR count). The van der Waals surface area contributed by atoms with Crippen molar-refractivity contribution >= 4 is 11.7 Å². The predicted molar refractivity (Wildman–Crippen MR) is 64.2 cm³/mol. The number of ether oxygens (including phenoxy) is 1. The van der Waals surface area contributed by atoms with Crippen LogP contribution in [0.5, 0.6) is 5.75 Å². The van der Waals surface area contributed by atoms with Gasteiger partial charge in [-0.2, -0.15) is 0 Å². The van der Waals surface area contributed by atoms with Crippen LogP contribution in [0.2, 0.25) is 0 Å². The first kappa shape index (κ1) is 12.2. The van der Waals surface area contributed by atoms with Crippen molar-refractivity contribution in [3.05, 3.63) is 41.2 Å². The Morgan fingerprint density at radius 2 is 2.06 bits per heavy atom. The SMILES string of the molecule is COc1ccccc1[C@H]1NC(=O)C(O)=C1C(C)=O. The van der Waals surface area contributed by atoms with Crippen molar-refractivity contribution in [1.82, 2.24) is 5.32 Å². The number of rotatable bonds is 3. The number of benzene rings is 1. The molecule has 5 heteroatoms. The molecule has 18 heavy (non-hydrogen) atoms. The molecule has 1 amide bonds. The zero-order chi connectivity index (χ0) is 13.3. The fourth-order valence-electron chi connectivity index (χ4n) is 2.04. The zero-order valence-corrected chi connectivity index (χ0v) is 10.1. The Bertz CT molecular complexity index is 548. The average molecular weight is 247 g/mol. The van der Waals surface area contributed by atoms with Crippen LogP contribution in [-0.4, -0.2) is 23.9 Å². The molecular weight excluding hydrogens is 234 g/mol. The Morgan fingerprint density at radius 1 is 1.39 bits per heavy atom. The van der Waals surface area contributed by atoms with Crippen LogP contribution in [0.4, 0.5) is 0 Å². The average Bonchev–Trinajstić information content (AvgIpc) is 2.65. The van der Waals surface area contributed by atoms with Crippen molar-refractivity contribution in [3.8, 4) is 5.75 Å². The monoisotopic (exact) mass is 247 g/mol. The van der Waals surface area contributed by atoms with Gasteiger partial charge in [-0.3, -0.25) is 9.59 Å². The van der Waals surface area contributed by atoms with Crippen LogP contribution < -0.4 is 10.1 Å². The second kappa shape index (κ2) is 4.52. The molecule has 5 nitrogen and oxygen atoms in total. The topological polar surface area (TPSA) is 75.6 Å². The van der Waals surface area contributed by atoms with Gasteiger partial charge in [-0.15, -0.1) is 0 Å². The van der Waals surface area contributed by atoms with E-state index in [0.29, 0.717) is 11.3 Å². The van der Waals surface area contributed by atoms with Crippen LogP contribution in [0.3, 0.4) is 0 Å². The molecule has 1 aromatic carbocycles. The Morgan fingerprint density at radius 3 is 2.67 bits per heavy atom. The van der Waals surface area contributed by atoms with Gasteiger partial charge in [0.1, 0.15) is 5.75 Å². The fourth-order valence-corrected chi connectivity index (χ4v) is 2.04. The molecule has 0 bridgehead atoms. The van der Waals surface area contributed by atoms with Crippen LogP contribution in [0.25, 0.3) is 0 Å². The summed E-state index contributed by atoms with van der Waals surface area (Å²) in [6.45, 7) is 1.31. The van der Waals surface area contributed by atoms with Crippen molar-refractivity contribution in [2.75, 3.05) is 7.11 Å². The molecule has 1 aromatic rings. The molecule has 1 aliphatic heterocycles. The molecule has 0 unspecified atom stereocenters. The van der Waals surface area contributed by atoms with Gasteiger partial charge in [0.05, 0.1) is 18.7 Å². The Hall–Kier alpha value is -2.30. The largest absolute Gasteiger partial charge is 0.503 e. The van der Waals surface area contributed by atoms with E-state index in [1.54, 1.807) is 24.3 Å². The number of amides is 1. The highest BCUT2D eigenvalue weighted by molar-refractivity contribution is 6.08. The first-order chi connectivity index (χ1) is 8.56. The maximum Gasteiger partial charge on any atom is 0.287 e. The van der Waals surface area contributed by atoms with E-state index in [0.717, 1.165) is 0 Å². The Balaban J connectivity index is 2.52. The maximum absolute atomic E-state index is 11.5. The summed E-state index contributed by atoms with van der Waals surface area (Å²) in [6, 6.07) is 6.37. The zero-order valence-electron chi connectivity index (χ0n) is 10.1. The number of ketones is 1. The second-order valence-electron chi connectivity index (χ2n) is 3.97. The minimum atomic E-state index is -0.661. The van der Waals surface area contributed by atoms with Gasteiger partial charge in [0.15, 0.2) is 11.5 Å². The van der Waals surface area contributed by atoms with E-state index in [1.807, 2.05) is 0 Å². The lowest BCUT2D eigenvalue weighted by Gasteiger charge is -2.16. The van der Waals surface area contributed by atoms with E-state index in [9.17, 15) is 14.7 Å². The molecule has 0 saturated heterocycles. The summed E-state index contributed by atoms with van der Waals surface area (Å²) < 4.78 is 5.19. The van der Waals surface area contributed by atoms with Gasteiger partial charge in [0, 0.05) is 5.56 Å². The number of hydrogen-bond acceptors (Lipinski definition) is 4. The molecule has 1 aliphatic rings. The molecule has 0 aliphatic carbocycles. The fraction of sp³-hybridized carbons (Fsp3) is 0.231. The summed E-state index contributed by atoms with van der Waals surface area (Å²) in [5, 5.41) is 12.2. The van der Waals surface area contributed by atoms with Gasteiger partial charge < -0.3 is 15.2 Å². The van der Waals surface area contributed by atoms with Crippen LogP contribution >= 0.6 is 0 Å². The van der Waals surface area contributed by atoms with Crippen LogP contribution in [0, 0.1) is 0 Å². The highest BCUT2D eigenvalue weighted by Crippen LogP contribution is 2.34. The van der Waals surface area contributed by atoms with Gasteiger partial charge in [-0.05, 0) is 13.0 Å². The molecule has 0 spiro atoms. The van der Waals surface area contributed by atoms with Crippen molar-refractivity contribution in [1.29, 1.82) is 0 Å². The van der Waals surface area contributed by atoms with Crippen LogP contribution in [0.1, 0.15) is 18.5 Å². The molecule has 0 fully saturated rings. The summed E-state index contributed by atoms with van der Waals surface area (Å²) in [5.41, 5.74) is 0.715. The third-order valence-corrected chi connectivity index (χ3v) is 2.86. The molecule has 2 N–H and O–H groups in total. The Kier molecular flexibility index (Phi) is 3.06. The summed E-state index contributed by atoms with van der Waals surface area (Å²) in [4.78, 5) is 23.0. The van der Waals surface area contributed by atoms with E-state index >= 15 is 0 Å². The van der Waals surface area contributed by atoms with Gasteiger partial charge in [0.2, 0.25) is 0 Å². The minimum absolute atomic E-state index is 0.0736. The standard InChI is InChI=1S/C13H13NO4/c1-7(15)10-11(14-13(17)12(10)16)8-5-3-4-6-9(8)18-2/h3-6,11,16H,1-2H3,(H,14,17)/t11-/m1/s1. The first-order valence-corrected chi connectivity index (χ1v) is 5.44. The van der Waals surface area contributed by atoms with Crippen LogP contribution in [-0.2, 0) is 9.59 Å². The second-order valence-corrected chi connectivity index (χ2v) is 3.97.